The number of rotatable bonds is 4. The van der Waals surface area contributed by atoms with Gasteiger partial charge in [-0.3, -0.25) is 4.79 Å². The largest absolute Gasteiger partial charge is 0.481 e. The Labute approximate surface area is 66.4 Å². The van der Waals surface area contributed by atoms with Gasteiger partial charge in [0.25, 0.3) is 0 Å². The lowest BCUT2D eigenvalue weighted by atomic mass is 9.89. The molecule has 0 aromatic heterocycles. The van der Waals surface area contributed by atoms with Gasteiger partial charge in [-0.25, -0.2) is 0 Å². The quantitative estimate of drug-likeness (QED) is 0.620. The molecule has 0 bridgehead atoms. The number of terminal acetylenes is 1. The molecule has 62 valence electrons. The second-order valence-corrected chi connectivity index (χ2v) is 2.63. The van der Waals surface area contributed by atoms with Crippen LogP contribution in [0.15, 0.2) is 0 Å². The van der Waals surface area contributed by atoms with Gasteiger partial charge in [-0.05, 0) is 13.3 Å². The molecule has 0 aliphatic rings. The van der Waals surface area contributed by atoms with E-state index in [-0.39, 0.29) is 6.61 Å². The molecule has 3 heteroatoms. The van der Waals surface area contributed by atoms with E-state index in [2.05, 4.69) is 4.74 Å². The topological polar surface area (TPSA) is 46.5 Å². The van der Waals surface area contributed by atoms with Crippen molar-refractivity contribution in [3.8, 4) is 12.5 Å². The molecule has 0 radical (unpaired) electrons. The molecule has 1 atom stereocenters. The fourth-order valence-electron chi connectivity index (χ4n) is 0.516. The zero-order chi connectivity index (χ0) is 8.91. The van der Waals surface area contributed by atoms with Crippen LogP contribution in [0.2, 0.25) is 0 Å². The first-order valence-electron chi connectivity index (χ1n) is 3.37. The first-order valence-corrected chi connectivity index (χ1v) is 3.37. The Morgan fingerprint density at radius 2 is 2.36 bits per heavy atom. The van der Waals surface area contributed by atoms with Crippen LogP contribution in [-0.2, 0) is 9.53 Å². The van der Waals surface area contributed by atoms with E-state index in [0.29, 0.717) is 6.42 Å². The number of carbonyl (C=O) groups is 1. The van der Waals surface area contributed by atoms with Gasteiger partial charge in [-0.15, -0.1) is 0 Å². The van der Waals surface area contributed by atoms with Crippen molar-refractivity contribution in [2.45, 2.75) is 20.3 Å². The normalized spacial score (nSPS) is 14.6. The summed E-state index contributed by atoms with van der Waals surface area (Å²) in [4.78, 5) is 10.6. The van der Waals surface area contributed by atoms with Crippen molar-refractivity contribution in [1.29, 1.82) is 0 Å². The Hall–Kier alpha value is -1.17. The van der Waals surface area contributed by atoms with Crippen molar-refractivity contribution in [2.75, 3.05) is 6.61 Å². The van der Waals surface area contributed by atoms with Gasteiger partial charge in [0.05, 0.1) is 5.41 Å². The van der Waals surface area contributed by atoms with Crippen molar-refractivity contribution >= 4 is 5.97 Å². The van der Waals surface area contributed by atoms with Crippen LogP contribution in [0.4, 0.5) is 0 Å². The van der Waals surface area contributed by atoms with E-state index in [0.717, 1.165) is 0 Å². The van der Waals surface area contributed by atoms with Crippen LogP contribution in [0.5, 0.6) is 0 Å². The first-order chi connectivity index (χ1) is 5.06. The highest BCUT2D eigenvalue weighted by atomic mass is 16.5. The maximum Gasteiger partial charge on any atom is 0.312 e. The number of aliphatic carboxylic acids is 1. The average molecular weight is 156 g/mol. The van der Waals surface area contributed by atoms with Gasteiger partial charge in [0.2, 0.25) is 0 Å². The van der Waals surface area contributed by atoms with Gasteiger partial charge in [-0.1, -0.05) is 13.3 Å². The van der Waals surface area contributed by atoms with E-state index in [9.17, 15) is 4.79 Å². The lowest BCUT2D eigenvalue weighted by Gasteiger charge is -2.20. The molecule has 3 nitrogen and oxygen atoms in total. The number of ether oxygens (including phenoxy) is 1. The summed E-state index contributed by atoms with van der Waals surface area (Å²) in [6, 6.07) is 0. The molecular weight excluding hydrogens is 144 g/mol. The van der Waals surface area contributed by atoms with Crippen molar-refractivity contribution < 1.29 is 14.6 Å². The summed E-state index contributed by atoms with van der Waals surface area (Å²) in [5.74, 6) is -0.879. The Morgan fingerprint density at radius 3 is 2.64 bits per heavy atom. The molecule has 0 saturated carbocycles. The van der Waals surface area contributed by atoms with Crippen LogP contribution >= 0.6 is 0 Å². The van der Waals surface area contributed by atoms with Gasteiger partial charge in [0.15, 0.2) is 0 Å². The number of carboxylic acids is 1. The standard InChI is InChI=1S/C8H12O3/c1-4-8(3,7(9)10)6-11-5-2/h2H,4,6H2,1,3H3,(H,9,10). The summed E-state index contributed by atoms with van der Waals surface area (Å²) >= 11 is 0. The van der Waals surface area contributed by atoms with Gasteiger partial charge >= 0.3 is 5.97 Å². The summed E-state index contributed by atoms with van der Waals surface area (Å²) < 4.78 is 4.60. The highest BCUT2D eigenvalue weighted by molar-refractivity contribution is 5.74. The molecule has 0 aliphatic carbocycles. The Morgan fingerprint density at radius 1 is 1.82 bits per heavy atom. The molecule has 0 rings (SSSR count). The molecule has 1 N–H and O–H groups in total. The molecule has 0 fully saturated rings. The summed E-state index contributed by atoms with van der Waals surface area (Å²) in [7, 11) is 0. The average Bonchev–Trinajstić information content (AvgIpc) is 2.00. The van der Waals surface area contributed by atoms with E-state index in [1.54, 1.807) is 13.8 Å². The van der Waals surface area contributed by atoms with Crippen molar-refractivity contribution in [3.05, 3.63) is 0 Å². The first kappa shape index (κ1) is 9.83. The smallest absolute Gasteiger partial charge is 0.312 e. The van der Waals surface area contributed by atoms with Crippen LogP contribution in [0.1, 0.15) is 20.3 Å². The summed E-state index contributed by atoms with van der Waals surface area (Å²) in [6.45, 7) is 3.45. The number of carboxylic acid groups (broad SMARTS) is 1. The number of hydrogen-bond donors (Lipinski definition) is 1. The third-order valence-corrected chi connectivity index (χ3v) is 1.77. The lowest BCUT2D eigenvalue weighted by molar-refractivity contribution is -0.150. The van der Waals surface area contributed by atoms with E-state index >= 15 is 0 Å². The molecule has 0 aliphatic heterocycles. The van der Waals surface area contributed by atoms with E-state index < -0.39 is 11.4 Å². The van der Waals surface area contributed by atoms with E-state index in [4.69, 9.17) is 11.5 Å². The SMILES string of the molecule is C#COCC(C)(CC)C(=O)O. The number of hydrogen-bond acceptors (Lipinski definition) is 2. The van der Waals surface area contributed by atoms with Gasteiger partial charge in [0.1, 0.15) is 12.7 Å². The van der Waals surface area contributed by atoms with Crippen LogP contribution in [0, 0.1) is 17.9 Å². The zero-order valence-corrected chi connectivity index (χ0v) is 6.76. The van der Waals surface area contributed by atoms with Crippen LogP contribution in [0.25, 0.3) is 0 Å². The minimum Gasteiger partial charge on any atom is -0.481 e. The molecule has 1 unspecified atom stereocenters. The predicted octanol–water partition coefficient (Wildman–Crippen LogP) is 1.09. The third-order valence-electron chi connectivity index (χ3n) is 1.77. The van der Waals surface area contributed by atoms with Gasteiger partial charge in [-0.2, -0.15) is 0 Å². The summed E-state index contributed by atoms with van der Waals surface area (Å²) in [5.41, 5.74) is -0.855. The highest BCUT2D eigenvalue weighted by Crippen LogP contribution is 2.21. The Kier molecular flexibility index (Phi) is 3.46. The Balaban J connectivity index is 4.13. The molecule has 0 spiro atoms. The van der Waals surface area contributed by atoms with Crippen LogP contribution in [0.3, 0.4) is 0 Å². The molecular formula is C8H12O3. The summed E-state index contributed by atoms with van der Waals surface area (Å²) in [6.07, 6.45) is 7.28. The second-order valence-electron chi connectivity index (χ2n) is 2.63. The van der Waals surface area contributed by atoms with E-state index in [1.165, 1.54) is 0 Å². The summed E-state index contributed by atoms with van der Waals surface area (Å²) in [5, 5.41) is 8.71. The molecule has 0 heterocycles. The maximum absolute atomic E-state index is 10.6. The third kappa shape index (κ3) is 2.50. The van der Waals surface area contributed by atoms with Crippen LogP contribution in [-0.4, -0.2) is 17.7 Å². The lowest BCUT2D eigenvalue weighted by Crippen LogP contribution is -2.31. The van der Waals surface area contributed by atoms with Gasteiger partial charge in [0, 0.05) is 0 Å². The highest BCUT2D eigenvalue weighted by Gasteiger charge is 2.31. The molecule has 0 amide bonds. The molecule has 0 aromatic carbocycles. The van der Waals surface area contributed by atoms with Crippen LogP contribution < -0.4 is 0 Å². The second kappa shape index (κ2) is 3.87. The molecule has 11 heavy (non-hydrogen) atoms. The van der Waals surface area contributed by atoms with E-state index in [1.807, 2.05) is 6.11 Å². The van der Waals surface area contributed by atoms with Crippen molar-refractivity contribution in [2.24, 2.45) is 5.41 Å². The minimum atomic E-state index is -0.879. The predicted molar refractivity (Wildman–Crippen MR) is 40.8 cm³/mol. The zero-order valence-electron chi connectivity index (χ0n) is 6.76. The minimum absolute atomic E-state index is 0.0648. The molecule has 0 saturated heterocycles. The van der Waals surface area contributed by atoms with Gasteiger partial charge < -0.3 is 9.84 Å². The maximum atomic E-state index is 10.6. The monoisotopic (exact) mass is 156 g/mol. The van der Waals surface area contributed by atoms with Crippen molar-refractivity contribution in [3.63, 3.8) is 0 Å². The fourth-order valence-corrected chi connectivity index (χ4v) is 0.516. The fraction of sp³-hybridized carbons (Fsp3) is 0.625. The Bertz CT molecular complexity index is 180. The van der Waals surface area contributed by atoms with Crippen molar-refractivity contribution in [1.82, 2.24) is 0 Å². The molecule has 0 aromatic rings.